The van der Waals surface area contributed by atoms with Crippen LogP contribution in [0.25, 0.3) is 0 Å². The number of nitrogens with two attached hydrogens (primary N) is 1. The molecule has 0 aromatic carbocycles. The van der Waals surface area contributed by atoms with Gasteiger partial charge in [-0.15, -0.1) is 11.3 Å². The normalized spacial score (nSPS) is 12.8. The van der Waals surface area contributed by atoms with Crippen LogP contribution in [0.1, 0.15) is 38.0 Å². The van der Waals surface area contributed by atoms with Crippen LogP contribution < -0.4 is 11.1 Å². The Morgan fingerprint density at radius 3 is 2.75 bits per heavy atom. The van der Waals surface area contributed by atoms with Crippen LogP contribution in [0.15, 0.2) is 17.3 Å². The van der Waals surface area contributed by atoms with Gasteiger partial charge in [-0.3, -0.25) is 0 Å². The molecule has 0 amide bonds. The number of hydrogen-bond donors (Lipinski definition) is 3. The zero-order chi connectivity index (χ0) is 15.0. The number of unbranched alkanes of at least 4 members (excludes halogenated alkanes) is 1. The second kappa shape index (κ2) is 8.49. The molecule has 0 radical (unpaired) electrons. The average molecular weight is 318 g/mol. The van der Waals surface area contributed by atoms with Crippen molar-refractivity contribution in [2.45, 2.75) is 39.5 Å². The molecule has 1 aromatic rings. The van der Waals surface area contributed by atoms with E-state index in [9.17, 15) is 0 Å². The van der Waals surface area contributed by atoms with Gasteiger partial charge < -0.3 is 16.3 Å². The molecule has 0 saturated heterocycles. The van der Waals surface area contributed by atoms with Crippen molar-refractivity contribution in [3.63, 3.8) is 0 Å². The summed E-state index contributed by atoms with van der Waals surface area (Å²) in [5.41, 5.74) is 5.42. The first-order valence-electron chi connectivity index (χ1n) is 6.88. The topological polar surface area (TPSA) is 70.6 Å². The summed E-state index contributed by atoms with van der Waals surface area (Å²) in [6, 6.07) is 4.02. The summed E-state index contributed by atoms with van der Waals surface area (Å²) >= 11 is 7.52. The van der Waals surface area contributed by atoms with Crippen molar-refractivity contribution >= 4 is 28.8 Å². The molecular weight excluding hydrogens is 294 g/mol. The molecule has 4 nitrogen and oxygen atoms in total. The van der Waals surface area contributed by atoms with E-state index in [-0.39, 0.29) is 5.41 Å². The van der Waals surface area contributed by atoms with Gasteiger partial charge in [-0.25, -0.2) is 0 Å². The van der Waals surface area contributed by atoms with Gasteiger partial charge in [0.1, 0.15) is 5.84 Å². The van der Waals surface area contributed by atoms with Crippen LogP contribution in [-0.2, 0) is 6.42 Å². The molecule has 0 saturated carbocycles. The monoisotopic (exact) mass is 317 g/mol. The summed E-state index contributed by atoms with van der Waals surface area (Å²) in [6.45, 7) is 5.96. The SMILES string of the molecule is CC(C)(CCCCNCCc1ccc(Cl)s1)/C(N)=N/O. The van der Waals surface area contributed by atoms with Crippen LogP contribution in [0.5, 0.6) is 0 Å². The third-order valence-corrected chi connectivity index (χ3v) is 4.67. The van der Waals surface area contributed by atoms with E-state index in [0.29, 0.717) is 5.84 Å². The lowest BCUT2D eigenvalue weighted by molar-refractivity contribution is 0.304. The maximum atomic E-state index is 8.70. The van der Waals surface area contributed by atoms with E-state index < -0.39 is 0 Å². The molecule has 0 aliphatic carbocycles. The maximum Gasteiger partial charge on any atom is 0.144 e. The van der Waals surface area contributed by atoms with Crippen molar-refractivity contribution in [2.24, 2.45) is 16.3 Å². The Morgan fingerprint density at radius 2 is 2.15 bits per heavy atom. The highest BCUT2D eigenvalue weighted by Gasteiger charge is 2.22. The van der Waals surface area contributed by atoms with Gasteiger partial charge in [-0.1, -0.05) is 37.0 Å². The van der Waals surface area contributed by atoms with Crippen molar-refractivity contribution in [1.29, 1.82) is 0 Å². The van der Waals surface area contributed by atoms with E-state index in [0.717, 1.165) is 43.1 Å². The van der Waals surface area contributed by atoms with Crippen molar-refractivity contribution in [3.8, 4) is 0 Å². The lowest BCUT2D eigenvalue weighted by atomic mass is 9.86. The first-order valence-corrected chi connectivity index (χ1v) is 8.08. The van der Waals surface area contributed by atoms with E-state index in [1.807, 2.05) is 19.9 Å². The van der Waals surface area contributed by atoms with Crippen molar-refractivity contribution in [2.75, 3.05) is 13.1 Å². The predicted molar refractivity (Wildman–Crippen MR) is 86.9 cm³/mol. The average Bonchev–Trinajstić information content (AvgIpc) is 2.82. The second-order valence-electron chi connectivity index (χ2n) is 5.53. The predicted octanol–water partition coefficient (Wildman–Crippen LogP) is 3.48. The second-order valence-corrected chi connectivity index (χ2v) is 7.33. The Labute approximate surface area is 130 Å². The number of rotatable bonds is 9. The van der Waals surface area contributed by atoms with Crippen LogP contribution in [-0.4, -0.2) is 24.1 Å². The van der Waals surface area contributed by atoms with Crippen LogP contribution in [0.3, 0.4) is 0 Å². The smallest absolute Gasteiger partial charge is 0.144 e. The molecule has 0 spiro atoms. The summed E-state index contributed by atoms with van der Waals surface area (Å²) in [5, 5.41) is 15.2. The highest BCUT2D eigenvalue weighted by Crippen LogP contribution is 2.23. The minimum Gasteiger partial charge on any atom is -0.409 e. The number of nitrogens with zero attached hydrogens (tertiary/aromatic N) is 1. The van der Waals surface area contributed by atoms with Gasteiger partial charge in [-0.05, 0) is 44.5 Å². The van der Waals surface area contributed by atoms with Gasteiger partial charge in [0.05, 0.1) is 4.34 Å². The Balaban J connectivity index is 2.05. The molecule has 6 heteroatoms. The third-order valence-electron chi connectivity index (χ3n) is 3.38. The number of oxime groups is 1. The van der Waals surface area contributed by atoms with Crippen LogP contribution in [0.2, 0.25) is 4.34 Å². The molecule has 4 N–H and O–H groups in total. The first-order chi connectivity index (χ1) is 9.45. The Bertz CT molecular complexity index is 432. The lowest BCUT2D eigenvalue weighted by Gasteiger charge is -2.22. The van der Waals surface area contributed by atoms with Crippen molar-refractivity contribution < 1.29 is 5.21 Å². The van der Waals surface area contributed by atoms with Crippen LogP contribution >= 0.6 is 22.9 Å². The molecule has 0 unspecified atom stereocenters. The van der Waals surface area contributed by atoms with Gasteiger partial charge in [0.2, 0.25) is 0 Å². The maximum absolute atomic E-state index is 8.70. The molecule has 1 heterocycles. The molecular formula is C14H24ClN3OS. The zero-order valence-electron chi connectivity index (χ0n) is 12.2. The summed E-state index contributed by atoms with van der Waals surface area (Å²) in [5.74, 6) is 0.306. The van der Waals surface area contributed by atoms with Gasteiger partial charge >= 0.3 is 0 Å². The van der Waals surface area contributed by atoms with Gasteiger partial charge in [0, 0.05) is 10.3 Å². The summed E-state index contributed by atoms with van der Waals surface area (Å²) < 4.78 is 0.852. The first kappa shape index (κ1) is 17.3. The third kappa shape index (κ3) is 6.11. The van der Waals surface area contributed by atoms with E-state index in [4.69, 9.17) is 22.5 Å². The number of nitrogens with one attached hydrogen (secondary N) is 1. The summed E-state index contributed by atoms with van der Waals surface area (Å²) in [7, 11) is 0. The summed E-state index contributed by atoms with van der Waals surface area (Å²) in [6.07, 6.45) is 4.09. The van der Waals surface area contributed by atoms with E-state index in [2.05, 4.69) is 16.5 Å². The van der Waals surface area contributed by atoms with Crippen LogP contribution in [0, 0.1) is 5.41 Å². The van der Waals surface area contributed by atoms with E-state index in [1.165, 1.54) is 4.88 Å². The van der Waals surface area contributed by atoms with Gasteiger partial charge in [0.15, 0.2) is 0 Å². The highest BCUT2D eigenvalue weighted by atomic mass is 35.5. The number of thiophene rings is 1. The van der Waals surface area contributed by atoms with Crippen LogP contribution in [0.4, 0.5) is 0 Å². The zero-order valence-corrected chi connectivity index (χ0v) is 13.7. The standard InChI is InChI=1S/C14H24ClN3OS/c1-14(2,13(16)18-19)8-3-4-9-17-10-7-11-5-6-12(15)20-11/h5-6,17,19H,3-4,7-10H2,1-2H3,(H2,16,18). The molecule has 0 fully saturated rings. The summed E-state index contributed by atoms with van der Waals surface area (Å²) in [4.78, 5) is 1.32. The molecule has 114 valence electrons. The van der Waals surface area contributed by atoms with E-state index in [1.54, 1.807) is 11.3 Å². The highest BCUT2D eigenvalue weighted by molar-refractivity contribution is 7.16. The minimum atomic E-state index is -0.234. The van der Waals surface area contributed by atoms with Gasteiger partial charge in [-0.2, -0.15) is 0 Å². The Kier molecular flexibility index (Phi) is 7.34. The molecule has 0 aliphatic heterocycles. The molecule has 0 atom stereocenters. The van der Waals surface area contributed by atoms with Crippen molar-refractivity contribution in [3.05, 3.63) is 21.3 Å². The number of amidine groups is 1. The molecule has 0 aliphatic rings. The molecule has 20 heavy (non-hydrogen) atoms. The Morgan fingerprint density at radius 1 is 1.40 bits per heavy atom. The number of halogens is 1. The fourth-order valence-electron chi connectivity index (χ4n) is 1.90. The van der Waals surface area contributed by atoms with Gasteiger partial charge in [0.25, 0.3) is 0 Å². The number of hydrogen-bond acceptors (Lipinski definition) is 4. The lowest BCUT2D eigenvalue weighted by Crippen LogP contribution is -2.32. The molecule has 0 bridgehead atoms. The van der Waals surface area contributed by atoms with Crippen molar-refractivity contribution in [1.82, 2.24) is 5.32 Å². The molecule has 1 aromatic heterocycles. The largest absolute Gasteiger partial charge is 0.409 e. The minimum absolute atomic E-state index is 0.234. The molecule has 1 rings (SSSR count). The van der Waals surface area contributed by atoms with E-state index >= 15 is 0 Å². The fourth-order valence-corrected chi connectivity index (χ4v) is 2.99. The Hall–Kier alpha value is -0.780. The quantitative estimate of drug-likeness (QED) is 0.215. The fraction of sp³-hybridized carbons (Fsp3) is 0.643.